The normalized spacial score (nSPS) is 12.3. The number of amides is 1. The standard InChI is InChI=1S/C14H20BrNO2/c1-4-11(5-6-17)16-14(18)12-7-10(3)13(15)8-9(12)2/h7-8,11,17H,4-6H2,1-3H3,(H,16,18). The fraction of sp³-hybridized carbons (Fsp3) is 0.500. The Balaban J connectivity index is 2.87. The molecule has 0 saturated heterocycles. The van der Waals surface area contributed by atoms with E-state index in [0.717, 1.165) is 22.0 Å². The van der Waals surface area contributed by atoms with E-state index in [0.29, 0.717) is 12.0 Å². The van der Waals surface area contributed by atoms with Gasteiger partial charge in [0, 0.05) is 22.7 Å². The number of halogens is 1. The van der Waals surface area contributed by atoms with E-state index in [-0.39, 0.29) is 18.6 Å². The highest BCUT2D eigenvalue weighted by molar-refractivity contribution is 9.10. The summed E-state index contributed by atoms with van der Waals surface area (Å²) in [4.78, 5) is 12.2. The minimum absolute atomic E-state index is 0.0332. The van der Waals surface area contributed by atoms with Crippen LogP contribution in [0, 0.1) is 13.8 Å². The Morgan fingerprint density at radius 2 is 2.06 bits per heavy atom. The van der Waals surface area contributed by atoms with Crippen LogP contribution in [0.3, 0.4) is 0 Å². The number of benzene rings is 1. The van der Waals surface area contributed by atoms with Gasteiger partial charge in [-0.3, -0.25) is 4.79 Å². The summed E-state index contributed by atoms with van der Waals surface area (Å²) in [5.41, 5.74) is 2.69. The molecule has 0 spiro atoms. The van der Waals surface area contributed by atoms with E-state index in [4.69, 9.17) is 5.11 Å². The molecule has 1 aromatic rings. The first-order chi connectivity index (χ1) is 8.49. The number of hydrogen-bond acceptors (Lipinski definition) is 2. The monoisotopic (exact) mass is 313 g/mol. The van der Waals surface area contributed by atoms with E-state index >= 15 is 0 Å². The molecule has 0 fully saturated rings. The van der Waals surface area contributed by atoms with Crippen LogP contribution in [-0.4, -0.2) is 23.7 Å². The molecule has 4 heteroatoms. The van der Waals surface area contributed by atoms with Crippen molar-refractivity contribution in [1.29, 1.82) is 0 Å². The van der Waals surface area contributed by atoms with Gasteiger partial charge in [-0.25, -0.2) is 0 Å². The van der Waals surface area contributed by atoms with Crippen LogP contribution in [0.25, 0.3) is 0 Å². The average molecular weight is 314 g/mol. The maximum Gasteiger partial charge on any atom is 0.251 e. The first-order valence-electron chi connectivity index (χ1n) is 6.18. The first kappa shape index (κ1) is 15.2. The van der Waals surface area contributed by atoms with E-state index in [1.54, 1.807) is 0 Å². The van der Waals surface area contributed by atoms with E-state index in [2.05, 4.69) is 21.2 Å². The quantitative estimate of drug-likeness (QED) is 0.878. The lowest BCUT2D eigenvalue weighted by atomic mass is 10.0. The minimum Gasteiger partial charge on any atom is -0.396 e. The maximum absolute atomic E-state index is 12.2. The second kappa shape index (κ2) is 6.90. The summed E-state index contributed by atoms with van der Waals surface area (Å²) in [6, 6.07) is 3.88. The number of carbonyl (C=O) groups is 1. The predicted molar refractivity (Wildman–Crippen MR) is 76.9 cm³/mol. The van der Waals surface area contributed by atoms with E-state index in [1.165, 1.54) is 0 Å². The van der Waals surface area contributed by atoms with Crippen LogP contribution in [0.1, 0.15) is 41.3 Å². The second-order valence-corrected chi connectivity index (χ2v) is 5.36. The Bertz CT molecular complexity index is 432. The molecule has 18 heavy (non-hydrogen) atoms. The SMILES string of the molecule is CCC(CCO)NC(=O)c1cc(C)c(Br)cc1C. The predicted octanol–water partition coefficient (Wildman–Crippen LogP) is 2.96. The zero-order valence-corrected chi connectivity index (χ0v) is 12.7. The van der Waals surface area contributed by atoms with Crippen LogP contribution in [-0.2, 0) is 0 Å². The van der Waals surface area contributed by atoms with Crippen molar-refractivity contribution in [2.75, 3.05) is 6.61 Å². The molecule has 1 atom stereocenters. The molecule has 0 aliphatic rings. The first-order valence-corrected chi connectivity index (χ1v) is 6.97. The number of aliphatic hydroxyl groups excluding tert-OH is 1. The number of aryl methyl sites for hydroxylation is 2. The number of aliphatic hydroxyl groups is 1. The molecule has 0 radical (unpaired) electrons. The molecule has 1 rings (SSSR count). The van der Waals surface area contributed by atoms with Crippen LogP contribution in [0.5, 0.6) is 0 Å². The molecule has 0 aliphatic carbocycles. The molecule has 0 aromatic heterocycles. The molecular formula is C14H20BrNO2. The van der Waals surface area contributed by atoms with Gasteiger partial charge in [0.05, 0.1) is 0 Å². The Kier molecular flexibility index (Phi) is 5.82. The van der Waals surface area contributed by atoms with Gasteiger partial charge in [0.25, 0.3) is 5.91 Å². The van der Waals surface area contributed by atoms with Gasteiger partial charge in [0.1, 0.15) is 0 Å². The van der Waals surface area contributed by atoms with Gasteiger partial charge in [-0.1, -0.05) is 22.9 Å². The van der Waals surface area contributed by atoms with Gasteiger partial charge < -0.3 is 10.4 Å². The summed E-state index contributed by atoms with van der Waals surface area (Å²) in [6.45, 7) is 5.98. The molecule has 0 bridgehead atoms. The molecule has 1 amide bonds. The van der Waals surface area contributed by atoms with Gasteiger partial charge in [-0.05, 0) is 49.9 Å². The number of hydrogen-bond donors (Lipinski definition) is 2. The highest BCUT2D eigenvalue weighted by Gasteiger charge is 2.14. The average Bonchev–Trinajstić information content (AvgIpc) is 2.33. The highest BCUT2D eigenvalue weighted by atomic mass is 79.9. The largest absolute Gasteiger partial charge is 0.396 e. The van der Waals surface area contributed by atoms with Crippen LogP contribution < -0.4 is 5.32 Å². The van der Waals surface area contributed by atoms with Gasteiger partial charge in [-0.2, -0.15) is 0 Å². The molecule has 0 saturated carbocycles. The summed E-state index contributed by atoms with van der Waals surface area (Å²) in [7, 11) is 0. The molecule has 1 unspecified atom stereocenters. The van der Waals surface area contributed by atoms with E-state index in [9.17, 15) is 4.79 Å². The summed E-state index contributed by atoms with van der Waals surface area (Å²) in [6.07, 6.45) is 1.41. The summed E-state index contributed by atoms with van der Waals surface area (Å²) in [5.74, 6) is -0.0663. The Labute approximate surface area is 117 Å². The van der Waals surface area contributed by atoms with Crippen LogP contribution in [0.15, 0.2) is 16.6 Å². The summed E-state index contributed by atoms with van der Waals surface area (Å²) in [5, 5.41) is 11.9. The zero-order valence-electron chi connectivity index (χ0n) is 11.1. The van der Waals surface area contributed by atoms with Crippen LogP contribution in [0.4, 0.5) is 0 Å². The number of nitrogens with one attached hydrogen (secondary N) is 1. The Morgan fingerprint density at radius 3 is 2.61 bits per heavy atom. The molecule has 3 nitrogen and oxygen atoms in total. The van der Waals surface area contributed by atoms with E-state index < -0.39 is 0 Å². The van der Waals surface area contributed by atoms with Gasteiger partial charge >= 0.3 is 0 Å². The fourth-order valence-corrected chi connectivity index (χ4v) is 2.28. The van der Waals surface area contributed by atoms with Crippen LogP contribution >= 0.6 is 15.9 Å². The fourth-order valence-electron chi connectivity index (χ4n) is 1.82. The number of rotatable bonds is 5. The zero-order chi connectivity index (χ0) is 13.7. The van der Waals surface area contributed by atoms with Crippen molar-refractivity contribution < 1.29 is 9.90 Å². The summed E-state index contributed by atoms with van der Waals surface area (Å²) >= 11 is 3.45. The molecule has 0 aliphatic heterocycles. The van der Waals surface area contributed by atoms with Crippen molar-refractivity contribution in [3.8, 4) is 0 Å². The maximum atomic E-state index is 12.2. The lowest BCUT2D eigenvalue weighted by Crippen LogP contribution is -2.35. The molecule has 100 valence electrons. The minimum atomic E-state index is -0.0663. The molecule has 2 N–H and O–H groups in total. The molecule has 0 heterocycles. The molecule has 1 aromatic carbocycles. The lowest BCUT2D eigenvalue weighted by molar-refractivity contribution is 0.0928. The lowest BCUT2D eigenvalue weighted by Gasteiger charge is -2.17. The Morgan fingerprint density at radius 1 is 1.39 bits per heavy atom. The van der Waals surface area contributed by atoms with Crippen molar-refractivity contribution in [3.05, 3.63) is 33.3 Å². The third-order valence-electron chi connectivity index (χ3n) is 3.06. The Hall–Kier alpha value is -0.870. The third kappa shape index (κ3) is 3.82. The smallest absolute Gasteiger partial charge is 0.251 e. The van der Waals surface area contributed by atoms with Crippen molar-refractivity contribution in [2.24, 2.45) is 0 Å². The van der Waals surface area contributed by atoms with Crippen molar-refractivity contribution in [3.63, 3.8) is 0 Å². The third-order valence-corrected chi connectivity index (χ3v) is 3.91. The highest BCUT2D eigenvalue weighted by Crippen LogP contribution is 2.21. The van der Waals surface area contributed by atoms with Gasteiger partial charge in [0.15, 0.2) is 0 Å². The van der Waals surface area contributed by atoms with Crippen LogP contribution in [0.2, 0.25) is 0 Å². The van der Waals surface area contributed by atoms with E-state index in [1.807, 2.05) is 32.9 Å². The second-order valence-electron chi connectivity index (χ2n) is 4.51. The molecular weight excluding hydrogens is 294 g/mol. The van der Waals surface area contributed by atoms with Crippen molar-refractivity contribution in [2.45, 2.75) is 39.7 Å². The van der Waals surface area contributed by atoms with Gasteiger partial charge in [-0.15, -0.1) is 0 Å². The number of carbonyl (C=O) groups excluding carboxylic acids is 1. The summed E-state index contributed by atoms with van der Waals surface area (Å²) < 4.78 is 1.01. The van der Waals surface area contributed by atoms with Gasteiger partial charge in [0.2, 0.25) is 0 Å². The van der Waals surface area contributed by atoms with Crippen molar-refractivity contribution in [1.82, 2.24) is 5.32 Å². The topological polar surface area (TPSA) is 49.3 Å². The van der Waals surface area contributed by atoms with Crippen molar-refractivity contribution >= 4 is 21.8 Å².